The normalized spacial score (nSPS) is 11.6. The van der Waals surface area contributed by atoms with Crippen LogP contribution in [-0.2, 0) is 16.9 Å². The lowest BCUT2D eigenvalue weighted by molar-refractivity contribution is 0.601. The van der Waals surface area contributed by atoms with Crippen LogP contribution in [0.3, 0.4) is 0 Å². The molecular weight excluding hydrogens is 402 g/mol. The van der Waals surface area contributed by atoms with Crippen LogP contribution in [0.1, 0.15) is 5.56 Å². The average molecular weight is 424 g/mol. The van der Waals surface area contributed by atoms with Gasteiger partial charge in [0.25, 0.3) is 0 Å². The quantitative estimate of drug-likeness (QED) is 0.447. The highest BCUT2D eigenvalue weighted by Crippen LogP contribution is 2.24. The summed E-state index contributed by atoms with van der Waals surface area (Å²) >= 11 is 0. The van der Waals surface area contributed by atoms with Gasteiger partial charge in [-0.2, -0.15) is 4.98 Å². The highest BCUT2D eigenvalue weighted by atomic mass is 32.2. The van der Waals surface area contributed by atoms with Crippen LogP contribution in [0.25, 0.3) is 11.0 Å². The SMILES string of the molecule is Cc1ccc(Nc2nccc(Nc3ccc4c(c3)nc(N)n4C)n2)cc1S(C)(=O)=O. The molecule has 2 aromatic carbocycles. The number of aryl methyl sites for hydroxylation is 2. The van der Waals surface area contributed by atoms with E-state index in [1.54, 1.807) is 37.4 Å². The topological polar surface area (TPSA) is 128 Å². The number of fused-ring (bicyclic) bond motifs is 1. The summed E-state index contributed by atoms with van der Waals surface area (Å²) in [5.74, 6) is 1.36. The van der Waals surface area contributed by atoms with Crippen LogP contribution in [0.5, 0.6) is 0 Å². The predicted octanol–water partition coefficient (Wildman–Crippen LogP) is 3.14. The van der Waals surface area contributed by atoms with Crippen LogP contribution < -0.4 is 16.4 Å². The van der Waals surface area contributed by atoms with E-state index in [2.05, 4.69) is 25.6 Å². The van der Waals surface area contributed by atoms with Gasteiger partial charge in [0, 0.05) is 30.9 Å². The molecule has 0 spiro atoms. The molecule has 0 aliphatic rings. The Bertz CT molecular complexity index is 1360. The largest absolute Gasteiger partial charge is 0.369 e. The van der Waals surface area contributed by atoms with Gasteiger partial charge in [-0.15, -0.1) is 0 Å². The van der Waals surface area contributed by atoms with Crippen molar-refractivity contribution in [1.82, 2.24) is 19.5 Å². The number of rotatable bonds is 5. The van der Waals surface area contributed by atoms with Crippen molar-refractivity contribution in [3.8, 4) is 0 Å². The molecule has 0 atom stereocenters. The minimum atomic E-state index is -3.33. The first-order valence-electron chi connectivity index (χ1n) is 9.10. The maximum atomic E-state index is 11.9. The molecule has 4 aromatic rings. The minimum absolute atomic E-state index is 0.268. The van der Waals surface area contributed by atoms with Crippen molar-refractivity contribution < 1.29 is 8.42 Å². The number of nitrogens with zero attached hydrogens (tertiary/aromatic N) is 4. The Morgan fingerprint density at radius 1 is 1.00 bits per heavy atom. The van der Waals surface area contributed by atoms with Crippen molar-refractivity contribution in [1.29, 1.82) is 0 Å². The zero-order chi connectivity index (χ0) is 21.5. The first kappa shape index (κ1) is 19.6. The van der Waals surface area contributed by atoms with Gasteiger partial charge in [-0.05, 0) is 48.9 Å². The fraction of sp³-hybridized carbons (Fsp3) is 0.150. The lowest BCUT2D eigenvalue weighted by Crippen LogP contribution is -2.03. The van der Waals surface area contributed by atoms with Gasteiger partial charge in [0.1, 0.15) is 5.82 Å². The van der Waals surface area contributed by atoms with E-state index in [4.69, 9.17) is 5.73 Å². The summed E-state index contributed by atoms with van der Waals surface area (Å²) in [7, 11) is -1.46. The molecule has 4 N–H and O–H groups in total. The van der Waals surface area contributed by atoms with Gasteiger partial charge < -0.3 is 20.9 Å². The highest BCUT2D eigenvalue weighted by Gasteiger charge is 2.12. The second kappa shape index (κ2) is 7.30. The maximum absolute atomic E-state index is 11.9. The van der Waals surface area contributed by atoms with Crippen molar-refractivity contribution in [3.05, 3.63) is 54.2 Å². The van der Waals surface area contributed by atoms with Crippen molar-refractivity contribution in [2.45, 2.75) is 11.8 Å². The molecule has 4 rings (SSSR count). The second-order valence-corrected chi connectivity index (χ2v) is 8.98. The fourth-order valence-electron chi connectivity index (χ4n) is 3.14. The Labute approximate surface area is 173 Å². The maximum Gasteiger partial charge on any atom is 0.229 e. The van der Waals surface area contributed by atoms with Crippen LogP contribution >= 0.6 is 0 Å². The van der Waals surface area contributed by atoms with Crippen LogP contribution in [0.2, 0.25) is 0 Å². The van der Waals surface area contributed by atoms with E-state index in [9.17, 15) is 8.42 Å². The molecule has 0 bridgehead atoms. The van der Waals surface area contributed by atoms with Crippen molar-refractivity contribution in [2.24, 2.45) is 7.05 Å². The lowest BCUT2D eigenvalue weighted by atomic mass is 10.2. The Hall–Kier alpha value is -3.66. The third-order valence-electron chi connectivity index (χ3n) is 4.69. The first-order valence-corrected chi connectivity index (χ1v) is 11.0. The van der Waals surface area contributed by atoms with E-state index in [1.807, 2.05) is 29.8 Å². The van der Waals surface area contributed by atoms with Crippen LogP contribution in [0, 0.1) is 6.92 Å². The van der Waals surface area contributed by atoms with Gasteiger partial charge in [-0.1, -0.05) is 6.07 Å². The third kappa shape index (κ3) is 3.90. The van der Waals surface area contributed by atoms with Gasteiger partial charge in [-0.3, -0.25) is 0 Å². The Balaban J connectivity index is 1.58. The Morgan fingerprint density at radius 2 is 1.73 bits per heavy atom. The number of anilines is 5. The van der Waals surface area contributed by atoms with Crippen LogP contribution in [0.4, 0.5) is 29.1 Å². The van der Waals surface area contributed by atoms with E-state index in [-0.39, 0.29) is 4.90 Å². The molecule has 0 fully saturated rings. The van der Waals surface area contributed by atoms with Crippen molar-refractivity contribution >= 4 is 50.0 Å². The molecule has 2 aromatic heterocycles. The summed E-state index contributed by atoms with van der Waals surface area (Å²) in [4.78, 5) is 13.3. The lowest BCUT2D eigenvalue weighted by Gasteiger charge is -2.10. The summed E-state index contributed by atoms with van der Waals surface area (Å²) in [5.41, 5.74) is 9.65. The molecule has 0 unspecified atom stereocenters. The Kier molecular flexibility index (Phi) is 4.78. The number of hydrogen-bond acceptors (Lipinski definition) is 8. The molecule has 0 aliphatic carbocycles. The molecule has 0 saturated heterocycles. The molecule has 154 valence electrons. The highest BCUT2D eigenvalue weighted by molar-refractivity contribution is 7.90. The van der Waals surface area contributed by atoms with Crippen molar-refractivity contribution in [3.63, 3.8) is 0 Å². The van der Waals surface area contributed by atoms with Crippen LogP contribution in [0.15, 0.2) is 53.6 Å². The Morgan fingerprint density at radius 3 is 2.50 bits per heavy atom. The van der Waals surface area contributed by atoms with Crippen LogP contribution in [-0.4, -0.2) is 34.2 Å². The van der Waals surface area contributed by atoms with E-state index in [0.29, 0.717) is 29.0 Å². The van der Waals surface area contributed by atoms with Gasteiger partial charge in [0.15, 0.2) is 9.84 Å². The molecule has 10 heteroatoms. The van der Waals surface area contributed by atoms with E-state index >= 15 is 0 Å². The molecule has 0 radical (unpaired) electrons. The van der Waals surface area contributed by atoms with E-state index in [1.165, 1.54) is 6.26 Å². The zero-order valence-electron chi connectivity index (χ0n) is 16.7. The smallest absolute Gasteiger partial charge is 0.229 e. The van der Waals surface area contributed by atoms with Gasteiger partial charge in [0.05, 0.1) is 15.9 Å². The summed E-state index contributed by atoms with van der Waals surface area (Å²) in [6.07, 6.45) is 2.80. The van der Waals surface area contributed by atoms with Gasteiger partial charge in [-0.25, -0.2) is 18.4 Å². The summed E-state index contributed by atoms with van der Waals surface area (Å²) in [6.45, 7) is 1.76. The van der Waals surface area contributed by atoms with Gasteiger partial charge in [0.2, 0.25) is 11.9 Å². The van der Waals surface area contributed by atoms with Crippen molar-refractivity contribution in [2.75, 3.05) is 22.6 Å². The fourth-order valence-corrected chi connectivity index (χ4v) is 4.13. The number of hydrogen-bond donors (Lipinski definition) is 3. The molecular formula is C20H21N7O2S. The summed E-state index contributed by atoms with van der Waals surface area (Å²) < 4.78 is 25.7. The second-order valence-electron chi connectivity index (χ2n) is 7.00. The number of imidazole rings is 1. The molecule has 30 heavy (non-hydrogen) atoms. The predicted molar refractivity (Wildman–Crippen MR) is 118 cm³/mol. The summed E-state index contributed by atoms with van der Waals surface area (Å²) in [6, 6.07) is 12.6. The average Bonchev–Trinajstić information content (AvgIpc) is 2.96. The first-order chi connectivity index (χ1) is 14.2. The number of benzene rings is 2. The molecule has 0 saturated carbocycles. The number of aromatic nitrogens is 4. The number of sulfone groups is 1. The van der Waals surface area contributed by atoms with E-state index < -0.39 is 9.84 Å². The summed E-state index contributed by atoms with van der Waals surface area (Å²) in [5, 5.41) is 6.27. The van der Waals surface area contributed by atoms with E-state index in [0.717, 1.165) is 16.7 Å². The molecule has 0 amide bonds. The standard InChI is InChI=1S/C20H21N7O2S/c1-12-4-5-14(11-17(12)30(3,28)29)24-20-22-9-8-18(26-20)23-13-6-7-16-15(10-13)25-19(21)27(16)2/h4-11H,1-3H3,(H2,21,25)(H2,22,23,24,26). The zero-order valence-corrected chi connectivity index (χ0v) is 17.5. The minimum Gasteiger partial charge on any atom is -0.369 e. The number of nitrogens with two attached hydrogens (primary N) is 1. The number of nitrogen functional groups attached to an aromatic ring is 1. The number of nitrogens with one attached hydrogen (secondary N) is 2. The monoisotopic (exact) mass is 423 g/mol. The third-order valence-corrected chi connectivity index (χ3v) is 5.93. The molecule has 0 aliphatic heterocycles. The van der Waals surface area contributed by atoms with Gasteiger partial charge >= 0.3 is 0 Å². The molecule has 9 nitrogen and oxygen atoms in total. The molecule has 2 heterocycles.